The van der Waals surface area contributed by atoms with Crippen molar-refractivity contribution in [3.8, 4) is 22.8 Å². The molecule has 6 aromatic rings. The molecule has 10 nitrogen and oxygen atoms in total. The standard InChI is InChI=1S/C36H35N7O3/c1-19-8-6-10-22(16-19)36(14-15-36)42-32(40-25-11-7-9-20(2)27(25)34(42)45)21(3)43-33-28(31(37)38-18-39-33)29(41-43)23-12-13-26(44)30-24(23)17-35(4,5)46-30/h6-13,16,18,21,44H,14-15,17H2,1-5H3,(H2,37,38,39). The van der Waals surface area contributed by atoms with E-state index in [-0.39, 0.29) is 17.1 Å². The first-order valence-electron chi connectivity index (χ1n) is 15.6. The van der Waals surface area contributed by atoms with Crippen LogP contribution in [0.25, 0.3) is 33.2 Å². The number of benzene rings is 3. The molecule has 1 aliphatic heterocycles. The maximum absolute atomic E-state index is 14.6. The Morgan fingerprint density at radius 1 is 1.02 bits per heavy atom. The third kappa shape index (κ3) is 4.05. The predicted octanol–water partition coefficient (Wildman–Crippen LogP) is 5.97. The number of aromatic nitrogens is 6. The summed E-state index contributed by atoms with van der Waals surface area (Å²) in [6, 6.07) is 17.1. The number of ether oxygens (including phenoxy) is 1. The van der Waals surface area contributed by atoms with E-state index in [1.807, 2.05) is 62.6 Å². The number of hydrogen-bond acceptors (Lipinski definition) is 8. The summed E-state index contributed by atoms with van der Waals surface area (Å²) in [5.74, 6) is 1.41. The molecular formula is C36H35N7O3. The van der Waals surface area contributed by atoms with Crippen LogP contribution in [0.4, 0.5) is 5.82 Å². The summed E-state index contributed by atoms with van der Waals surface area (Å²) in [5, 5.41) is 17.0. The highest BCUT2D eigenvalue weighted by Gasteiger charge is 2.49. The van der Waals surface area contributed by atoms with Crippen molar-refractivity contribution in [1.82, 2.24) is 29.3 Å². The van der Waals surface area contributed by atoms with Gasteiger partial charge in [-0.3, -0.25) is 9.36 Å². The molecule has 0 amide bonds. The van der Waals surface area contributed by atoms with Crippen molar-refractivity contribution in [3.05, 3.63) is 99.4 Å². The third-order valence-electron chi connectivity index (χ3n) is 9.57. The van der Waals surface area contributed by atoms with E-state index in [9.17, 15) is 9.90 Å². The fraction of sp³-hybridized carbons (Fsp3) is 0.306. The number of nitrogens with zero attached hydrogens (tertiary/aromatic N) is 6. The lowest BCUT2D eigenvalue weighted by Gasteiger charge is -2.27. The summed E-state index contributed by atoms with van der Waals surface area (Å²) >= 11 is 0. The summed E-state index contributed by atoms with van der Waals surface area (Å²) in [6.07, 6.45) is 3.66. The number of nitrogens with two attached hydrogens (primary N) is 1. The van der Waals surface area contributed by atoms with Gasteiger partial charge in [-0.1, -0.05) is 42.0 Å². The lowest BCUT2D eigenvalue weighted by Crippen LogP contribution is -2.37. The second-order valence-electron chi connectivity index (χ2n) is 13.4. The molecule has 4 heterocycles. The van der Waals surface area contributed by atoms with Crippen LogP contribution in [-0.2, 0) is 12.0 Å². The number of nitrogen functional groups attached to an aromatic ring is 1. The number of phenols is 1. The van der Waals surface area contributed by atoms with E-state index in [0.717, 1.165) is 40.7 Å². The fourth-order valence-electron chi connectivity index (χ4n) is 7.23. The lowest BCUT2D eigenvalue weighted by atomic mass is 9.95. The van der Waals surface area contributed by atoms with E-state index >= 15 is 0 Å². The van der Waals surface area contributed by atoms with Crippen LogP contribution in [0.1, 0.15) is 67.7 Å². The minimum atomic E-state index is -0.517. The van der Waals surface area contributed by atoms with Crippen molar-refractivity contribution in [3.63, 3.8) is 0 Å². The molecule has 0 radical (unpaired) electrons. The Labute approximate surface area is 265 Å². The molecule has 1 atom stereocenters. The van der Waals surface area contributed by atoms with Gasteiger partial charge in [0.1, 0.15) is 35.3 Å². The highest BCUT2D eigenvalue weighted by molar-refractivity contribution is 5.99. The normalized spacial score (nSPS) is 16.8. The third-order valence-corrected chi connectivity index (χ3v) is 9.57. The van der Waals surface area contributed by atoms with Gasteiger partial charge in [0.2, 0.25) is 0 Å². The number of phenolic OH excluding ortho intramolecular Hbond substituents is 1. The van der Waals surface area contributed by atoms with Crippen LogP contribution in [-0.4, -0.2) is 40.0 Å². The first-order chi connectivity index (χ1) is 22.0. The average Bonchev–Trinajstić information content (AvgIpc) is 3.61. The van der Waals surface area contributed by atoms with Crippen molar-refractivity contribution in [2.75, 3.05) is 5.73 Å². The van der Waals surface area contributed by atoms with Crippen LogP contribution in [0.3, 0.4) is 0 Å². The quantitative estimate of drug-likeness (QED) is 0.243. The molecule has 3 N–H and O–H groups in total. The summed E-state index contributed by atoms with van der Waals surface area (Å²) in [4.78, 5) is 28.8. The molecule has 3 aromatic heterocycles. The van der Waals surface area contributed by atoms with Crippen molar-refractivity contribution in [2.24, 2.45) is 0 Å². The monoisotopic (exact) mass is 613 g/mol. The van der Waals surface area contributed by atoms with E-state index in [1.165, 1.54) is 6.33 Å². The second kappa shape index (κ2) is 9.62. The largest absolute Gasteiger partial charge is 0.504 e. The van der Waals surface area contributed by atoms with Crippen LogP contribution < -0.4 is 16.0 Å². The van der Waals surface area contributed by atoms with Crippen LogP contribution in [0.15, 0.2) is 65.7 Å². The maximum atomic E-state index is 14.6. The number of rotatable bonds is 5. The van der Waals surface area contributed by atoms with E-state index < -0.39 is 17.2 Å². The SMILES string of the molecule is Cc1cccc(C2(n3c(C(C)n4nc(-c5ccc(O)c6c5CC(C)(C)O6)c5c(N)ncnc54)nc4cccc(C)c4c3=O)CC2)c1. The number of aryl methyl sites for hydroxylation is 2. The first kappa shape index (κ1) is 28.2. The van der Waals surface area contributed by atoms with Crippen molar-refractivity contribution in [1.29, 1.82) is 0 Å². The Bertz CT molecular complexity index is 2300. The zero-order valence-electron chi connectivity index (χ0n) is 26.5. The van der Waals surface area contributed by atoms with Crippen LogP contribution >= 0.6 is 0 Å². The van der Waals surface area contributed by atoms with E-state index in [0.29, 0.717) is 45.6 Å². The molecule has 1 aliphatic carbocycles. The van der Waals surface area contributed by atoms with Gasteiger partial charge < -0.3 is 15.6 Å². The minimum Gasteiger partial charge on any atom is -0.504 e. The highest BCUT2D eigenvalue weighted by Crippen LogP contribution is 2.51. The molecule has 1 fully saturated rings. The number of fused-ring (bicyclic) bond motifs is 3. The Morgan fingerprint density at radius 3 is 2.57 bits per heavy atom. The number of hydrogen-bond donors (Lipinski definition) is 2. The maximum Gasteiger partial charge on any atom is 0.262 e. The van der Waals surface area contributed by atoms with Crippen LogP contribution in [0.2, 0.25) is 0 Å². The molecule has 46 heavy (non-hydrogen) atoms. The lowest BCUT2D eigenvalue weighted by molar-refractivity contribution is 0.134. The molecule has 0 saturated heterocycles. The van der Waals surface area contributed by atoms with Gasteiger partial charge in [-0.2, -0.15) is 5.10 Å². The average molecular weight is 614 g/mol. The Balaban J connectivity index is 1.39. The highest BCUT2D eigenvalue weighted by atomic mass is 16.5. The van der Waals surface area contributed by atoms with Gasteiger partial charge in [0.05, 0.1) is 21.8 Å². The molecular weight excluding hydrogens is 578 g/mol. The zero-order valence-corrected chi connectivity index (χ0v) is 26.5. The summed E-state index contributed by atoms with van der Waals surface area (Å²) in [6.45, 7) is 10.00. The summed E-state index contributed by atoms with van der Waals surface area (Å²) < 4.78 is 9.84. The van der Waals surface area contributed by atoms with Crippen molar-refractivity contribution in [2.45, 2.75) is 71.1 Å². The molecule has 0 bridgehead atoms. The molecule has 3 aromatic carbocycles. The van der Waals surface area contributed by atoms with E-state index in [2.05, 4.69) is 35.1 Å². The van der Waals surface area contributed by atoms with Gasteiger partial charge in [-0.25, -0.2) is 19.6 Å². The summed E-state index contributed by atoms with van der Waals surface area (Å²) in [5.41, 5.74) is 12.0. The van der Waals surface area contributed by atoms with Crippen molar-refractivity contribution >= 4 is 27.8 Å². The molecule has 232 valence electrons. The van der Waals surface area contributed by atoms with Gasteiger partial charge in [0.15, 0.2) is 17.1 Å². The molecule has 8 rings (SSSR count). The Morgan fingerprint density at radius 2 is 1.80 bits per heavy atom. The molecule has 1 unspecified atom stereocenters. The fourth-order valence-corrected chi connectivity index (χ4v) is 7.23. The van der Waals surface area contributed by atoms with Crippen LogP contribution in [0.5, 0.6) is 11.5 Å². The van der Waals surface area contributed by atoms with Gasteiger partial charge in [-0.05, 0) is 76.8 Å². The van der Waals surface area contributed by atoms with Gasteiger partial charge in [0.25, 0.3) is 5.56 Å². The Kier molecular flexibility index (Phi) is 5.91. The molecule has 1 saturated carbocycles. The topological polar surface area (TPSA) is 134 Å². The second-order valence-corrected chi connectivity index (χ2v) is 13.4. The van der Waals surface area contributed by atoms with E-state index in [1.54, 1.807) is 10.7 Å². The molecule has 10 heteroatoms. The van der Waals surface area contributed by atoms with Gasteiger partial charge in [-0.15, -0.1) is 0 Å². The number of aromatic hydroxyl groups is 1. The molecule has 0 spiro atoms. The van der Waals surface area contributed by atoms with E-state index in [4.69, 9.17) is 20.6 Å². The minimum absolute atomic E-state index is 0.0643. The number of anilines is 1. The van der Waals surface area contributed by atoms with Crippen LogP contribution in [0, 0.1) is 13.8 Å². The first-order valence-corrected chi connectivity index (χ1v) is 15.6. The van der Waals surface area contributed by atoms with Gasteiger partial charge in [0, 0.05) is 17.5 Å². The van der Waals surface area contributed by atoms with Crippen molar-refractivity contribution < 1.29 is 9.84 Å². The molecule has 2 aliphatic rings. The predicted molar refractivity (Wildman–Crippen MR) is 177 cm³/mol. The zero-order chi connectivity index (χ0) is 32.1. The summed E-state index contributed by atoms with van der Waals surface area (Å²) in [7, 11) is 0. The smallest absolute Gasteiger partial charge is 0.262 e. The Hall–Kier alpha value is -5.25. The van der Waals surface area contributed by atoms with Gasteiger partial charge >= 0.3 is 0 Å².